The molecule has 0 amide bonds. The Morgan fingerprint density at radius 2 is 2.06 bits per heavy atom. The molecule has 3 heteroatoms. The minimum absolute atomic E-state index is 0.196. The van der Waals surface area contributed by atoms with Gasteiger partial charge in [0.25, 0.3) is 0 Å². The molecule has 1 saturated carbocycles. The van der Waals surface area contributed by atoms with Crippen LogP contribution in [0, 0.1) is 11.7 Å². The van der Waals surface area contributed by atoms with E-state index in [4.69, 9.17) is 4.74 Å². The van der Waals surface area contributed by atoms with Crippen molar-refractivity contribution in [3.8, 4) is 5.75 Å². The first-order chi connectivity index (χ1) is 7.74. The summed E-state index contributed by atoms with van der Waals surface area (Å²) >= 11 is 0. The highest BCUT2D eigenvalue weighted by molar-refractivity contribution is 5.32. The lowest BCUT2D eigenvalue weighted by Crippen LogP contribution is -2.11. The summed E-state index contributed by atoms with van der Waals surface area (Å²) in [6, 6.07) is 4.93. The van der Waals surface area contributed by atoms with Crippen LogP contribution in [0.15, 0.2) is 18.2 Å². The van der Waals surface area contributed by atoms with Gasteiger partial charge in [0, 0.05) is 5.56 Å². The van der Waals surface area contributed by atoms with Crippen LogP contribution >= 0.6 is 0 Å². The van der Waals surface area contributed by atoms with Crippen LogP contribution in [-0.2, 0) is 0 Å². The van der Waals surface area contributed by atoms with E-state index in [0.29, 0.717) is 5.56 Å². The summed E-state index contributed by atoms with van der Waals surface area (Å²) in [6.07, 6.45) is 3.54. The number of rotatable bonds is 3. The van der Waals surface area contributed by atoms with Crippen LogP contribution in [0.2, 0.25) is 0 Å². The van der Waals surface area contributed by atoms with Gasteiger partial charge in [-0.15, -0.1) is 0 Å². The zero-order chi connectivity index (χ0) is 11.5. The minimum Gasteiger partial charge on any atom is -0.494 e. The summed E-state index contributed by atoms with van der Waals surface area (Å²) < 4.78 is 18.8. The second-order valence-corrected chi connectivity index (χ2v) is 4.35. The average Bonchev–Trinajstić information content (AvgIpc) is 2.82. The van der Waals surface area contributed by atoms with Crippen LogP contribution in [0.4, 0.5) is 4.39 Å². The predicted molar refractivity (Wildman–Crippen MR) is 59.9 cm³/mol. The Bertz CT molecular complexity index is 359. The second-order valence-electron chi connectivity index (χ2n) is 4.35. The van der Waals surface area contributed by atoms with Gasteiger partial charge in [-0.05, 0) is 24.8 Å². The van der Waals surface area contributed by atoms with Gasteiger partial charge in [0.1, 0.15) is 0 Å². The molecule has 1 N–H and O–H groups in total. The Labute approximate surface area is 95.1 Å². The molecular formula is C13H17FO2. The van der Waals surface area contributed by atoms with Crippen LogP contribution in [0.1, 0.15) is 37.4 Å². The number of hydrogen-bond donors (Lipinski definition) is 1. The third-order valence-electron chi connectivity index (χ3n) is 3.38. The number of aliphatic hydroxyl groups excluding tert-OH is 1. The van der Waals surface area contributed by atoms with Crippen molar-refractivity contribution < 1.29 is 14.2 Å². The molecular weight excluding hydrogens is 207 g/mol. The predicted octanol–water partition coefficient (Wildman–Crippen LogP) is 3.06. The molecule has 0 saturated heterocycles. The Morgan fingerprint density at radius 3 is 2.69 bits per heavy atom. The van der Waals surface area contributed by atoms with Crippen LogP contribution in [0.5, 0.6) is 5.75 Å². The lowest BCUT2D eigenvalue weighted by molar-refractivity contribution is 0.107. The molecule has 1 aliphatic rings. The lowest BCUT2D eigenvalue weighted by atomic mass is 9.94. The van der Waals surface area contributed by atoms with Crippen LogP contribution in [-0.4, -0.2) is 12.2 Å². The molecule has 1 unspecified atom stereocenters. The van der Waals surface area contributed by atoms with Gasteiger partial charge in [-0.1, -0.05) is 25.0 Å². The smallest absolute Gasteiger partial charge is 0.170 e. The Hall–Kier alpha value is -1.09. The average molecular weight is 224 g/mol. The molecule has 0 spiro atoms. The van der Waals surface area contributed by atoms with Gasteiger partial charge in [-0.25, -0.2) is 4.39 Å². The molecule has 1 fully saturated rings. The quantitative estimate of drug-likeness (QED) is 0.855. The monoisotopic (exact) mass is 224 g/mol. The maximum absolute atomic E-state index is 13.9. The van der Waals surface area contributed by atoms with Gasteiger partial charge in [-0.2, -0.15) is 0 Å². The third-order valence-corrected chi connectivity index (χ3v) is 3.38. The van der Waals surface area contributed by atoms with Gasteiger partial charge in [-0.3, -0.25) is 0 Å². The molecule has 0 aliphatic heterocycles. The molecule has 0 bridgehead atoms. The summed E-state index contributed by atoms with van der Waals surface area (Å²) in [5.41, 5.74) is 0.367. The molecule has 1 atom stereocenters. The zero-order valence-electron chi connectivity index (χ0n) is 9.45. The van der Waals surface area contributed by atoms with E-state index >= 15 is 0 Å². The first kappa shape index (κ1) is 11.4. The van der Waals surface area contributed by atoms with E-state index in [9.17, 15) is 9.50 Å². The molecule has 88 valence electrons. The first-order valence-corrected chi connectivity index (χ1v) is 5.74. The highest BCUT2D eigenvalue weighted by Gasteiger charge is 2.27. The molecule has 0 radical (unpaired) electrons. The Kier molecular flexibility index (Phi) is 3.44. The minimum atomic E-state index is -0.697. The van der Waals surface area contributed by atoms with Crippen LogP contribution in [0.25, 0.3) is 0 Å². The number of ether oxygens (including phenoxy) is 1. The molecule has 0 heterocycles. The molecule has 1 aromatic carbocycles. The van der Waals surface area contributed by atoms with E-state index in [0.717, 1.165) is 25.7 Å². The number of hydrogen-bond acceptors (Lipinski definition) is 2. The lowest BCUT2D eigenvalue weighted by Gasteiger charge is -2.19. The van der Waals surface area contributed by atoms with Crippen molar-refractivity contribution in [1.82, 2.24) is 0 Å². The molecule has 0 aromatic heterocycles. The van der Waals surface area contributed by atoms with Crippen molar-refractivity contribution in [2.75, 3.05) is 7.11 Å². The summed E-state index contributed by atoms with van der Waals surface area (Å²) in [4.78, 5) is 0. The SMILES string of the molecule is COc1cccc(C(O)C2CCCC2)c1F. The van der Waals surface area contributed by atoms with E-state index < -0.39 is 11.9 Å². The van der Waals surface area contributed by atoms with Gasteiger partial charge < -0.3 is 9.84 Å². The fourth-order valence-corrected chi connectivity index (χ4v) is 2.44. The Morgan fingerprint density at radius 1 is 1.38 bits per heavy atom. The topological polar surface area (TPSA) is 29.5 Å². The van der Waals surface area contributed by atoms with E-state index in [1.807, 2.05) is 0 Å². The number of halogens is 1. The number of aliphatic hydroxyl groups is 1. The number of benzene rings is 1. The highest BCUT2D eigenvalue weighted by atomic mass is 19.1. The second kappa shape index (κ2) is 4.83. The van der Waals surface area contributed by atoms with Gasteiger partial charge >= 0.3 is 0 Å². The van der Waals surface area contributed by atoms with E-state index in [2.05, 4.69) is 0 Å². The van der Waals surface area contributed by atoms with E-state index in [1.165, 1.54) is 7.11 Å². The van der Waals surface area contributed by atoms with E-state index in [1.54, 1.807) is 18.2 Å². The van der Waals surface area contributed by atoms with Gasteiger partial charge in [0.15, 0.2) is 11.6 Å². The number of methoxy groups -OCH3 is 1. The first-order valence-electron chi connectivity index (χ1n) is 5.74. The van der Waals surface area contributed by atoms with Gasteiger partial charge in [0.05, 0.1) is 13.2 Å². The van der Waals surface area contributed by atoms with Crippen molar-refractivity contribution in [3.63, 3.8) is 0 Å². The van der Waals surface area contributed by atoms with Crippen molar-refractivity contribution in [2.45, 2.75) is 31.8 Å². The van der Waals surface area contributed by atoms with Crippen molar-refractivity contribution in [2.24, 2.45) is 5.92 Å². The van der Waals surface area contributed by atoms with Crippen molar-refractivity contribution in [3.05, 3.63) is 29.6 Å². The van der Waals surface area contributed by atoms with Crippen LogP contribution < -0.4 is 4.74 Å². The third kappa shape index (κ3) is 2.05. The standard InChI is InChI=1S/C13H17FO2/c1-16-11-8-4-7-10(12(11)14)13(15)9-5-2-3-6-9/h4,7-9,13,15H,2-3,5-6H2,1H3. The maximum atomic E-state index is 13.9. The van der Waals surface area contributed by atoms with Crippen molar-refractivity contribution >= 4 is 0 Å². The molecule has 2 rings (SSSR count). The summed E-state index contributed by atoms with van der Waals surface area (Å²) in [7, 11) is 1.43. The molecule has 16 heavy (non-hydrogen) atoms. The maximum Gasteiger partial charge on any atom is 0.170 e. The summed E-state index contributed by atoms with van der Waals surface area (Å²) in [5.74, 6) is -0.0273. The normalized spacial score (nSPS) is 18.7. The Balaban J connectivity index is 2.25. The zero-order valence-corrected chi connectivity index (χ0v) is 9.45. The van der Waals surface area contributed by atoms with Crippen LogP contribution in [0.3, 0.4) is 0 Å². The van der Waals surface area contributed by atoms with Crippen molar-refractivity contribution in [1.29, 1.82) is 0 Å². The fourth-order valence-electron chi connectivity index (χ4n) is 2.44. The largest absolute Gasteiger partial charge is 0.494 e. The fraction of sp³-hybridized carbons (Fsp3) is 0.538. The molecule has 2 nitrogen and oxygen atoms in total. The molecule has 1 aromatic rings. The molecule has 1 aliphatic carbocycles. The summed E-state index contributed by atoms with van der Waals surface area (Å²) in [5, 5.41) is 10.1. The van der Waals surface area contributed by atoms with E-state index in [-0.39, 0.29) is 11.7 Å². The summed E-state index contributed by atoms with van der Waals surface area (Å²) in [6.45, 7) is 0. The highest BCUT2D eigenvalue weighted by Crippen LogP contribution is 2.37. The van der Waals surface area contributed by atoms with Gasteiger partial charge in [0.2, 0.25) is 0 Å².